The number of hydrogen-bond acceptors (Lipinski definition) is 4. The molecule has 5 heteroatoms. The summed E-state index contributed by atoms with van der Waals surface area (Å²) in [6.45, 7) is 5.65. The molecule has 0 aliphatic carbocycles. The Kier molecular flexibility index (Phi) is 5.79. The largest absolute Gasteiger partial charge is 0.492 e. The van der Waals surface area contributed by atoms with E-state index < -0.39 is 0 Å². The van der Waals surface area contributed by atoms with Gasteiger partial charge in [-0.25, -0.2) is 0 Å². The van der Waals surface area contributed by atoms with E-state index in [9.17, 15) is 0 Å². The highest BCUT2D eigenvalue weighted by Crippen LogP contribution is 2.28. The monoisotopic (exact) mass is 393 g/mol. The van der Waals surface area contributed by atoms with Crippen molar-refractivity contribution < 1.29 is 4.74 Å². The Bertz CT molecular complexity index is 950. The third kappa shape index (κ3) is 4.13. The van der Waals surface area contributed by atoms with E-state index in [1.165, 1.54) is 11.9 Å². The predicted octanol–water partition coefficient (Wildman–Crippen LogP) is 4.69. The number of nitrogens with one attached hydrogen (secondary N) is 1. The van der Waals surface area contributed by atoms with E-state index in [0.29, 0.717) is 6.61 Å². The van der Waals surface area contributed by atoms with Gasteiger partial charge in [0.25, 0.3) is 0 Å². The number of benzene rings is 3. The summed E-state index contributed by atoms with van der Waals surface area (Å²) in [5, 5.41) is 10.5. The van der Waals surface area contributed by atoms with Gasteiger partial charge >= 0.3 is 0 Å². The van der Waals surface area contributed by atoms with Crippen LogP contribution in [0.5, 0.6) is 5.75 Å². The van der Waals surface area contributed by atoms with Crippen LogP contribution in [0.25, 0.3) is 10.8 Å². The van der Waals surface area contributed by atoms with Crippen molar-refractivity contribution in [3.63, 3.8) is 0 Å². The first-order valence-electron chi connectivity index (χ1n) is 9.62. The minimum Gasteiger partial charge on any atom is -0.492 e. The number of anilines is 1. The predicted molar refractivity (Wildman–Crippen MR) is 117 cm³/mol. The summed E-state index contributed by atoms with van der Waals surface area (Å²) in [4.78, 5) is 4.85. The Labute approximate surface area is 170 Å². The highest BCUT2D eigenvalue weighted by atomic mass is 35.5. The molecule has 4 rings (SSSR count). The Morgan fingerprint density at radius 1 is 0.893 bits per heavy atom. The van der Waals surface area contributed by atoms with Crippen LogP contribution in [-0.4, -0.2) is 50.4 Å². The van der Waals surface area contributed by atoms with E-state index in [1.54, 1.807) is 0 Å². The van der Waals surface area contributed by atoms with Gasteiger partial charge in [-0.3, -0.25) is 4.90 Å². The molecule has 1 aliphatic heterocycles. The van der Waals surface area contributed by atoms with Crippen LogP contribution < -0.4 is 9.64 Å². The van der Waals surface area contributed by atoms with Gasteiger partial charge in [0.15, 0.2) is 0 Å². The molecule has 0 bridgehead atoms. The van der Waals surface area contributed by atoms with Crippen LogP contribution in [0.15, 0.2) is 60.7 Å². The van der Waals surface area contributed by atoms with Crippen LogP contribution >= 0.6 is 11.6 Å². The lowest BCUT2D eigenvalue weighted by atomic mass is 10.0. The number of fused-ring (bicyclic) bond motifs is 1. The van der Waals surface area contributed by atoms with Crippen molar-refractivity contribution in [1.29, 1.82) is 5.41 Å². The Morgan fingerprint density at radius 2 is 1.61 bits per heavy atom. The van der Waals surface area contributed by atoms with Gasteiger partial charge in [0, 0.05) is 60.6 Å². The second-order valence-corrected chi connectivity index (χ2v) is 7.43. The topological polar surface area (TPSA) is 39.6 Å². The molecule has 0 atom stereocenters. The first-order valence-corrected chi connectivity index (χ1v) is 10.0. The molecular weight excluding hydrogens is 370 g/mol. The van der Waals surface area contributed by atoms with Gasteiger partial charge in [0.1, 0.15) is 12.4 Å². The number of hydrogen-bond donors (Lipinski definition) is 1. The van der Waals surface area contributed by atoms with Crippen LogP contribution in [0, 0.1) is 5.41 Å². The van der Waals surface area contributed by atoms with Gasteiger partial charge < -0.3 is 15.0 Å². The summed E-state index contributed by atoms with van der Waals surface area (Å²) in [6.07, 6.45) is 1.40. The quantitative estimate of drug-likeness (QED) is 0.617. The molecular formula is C23H24ClN3O. The molecule has 28 heavy (non-hydrogen) atoms. The zero-order valence-electron chi connectivity index (χ0n) is 15.8. The Hall–Kier alpha value is -2.56. The number of rotatable bonds is 6. The summed E-state index contributed by atoms with van der Waals surface area (Å²) < 4.78 is 6.10. The van der Waals surface area contributed by atoms with Crippen molar-refractivity contribution in [3.05, 3.63) is 71.2 Å². The maximum Gasteiger partial charge on any atom is 0.127 e. The molecule has 144 valence electrons. The second-order valence-electron chi connectivity index (χ2n) is 7.00. The molecule has 0 radical (unpaired) electrons. The Morgan fingerprint density at radius 3 is 2.32 bits per heavy atom. The zero-order chi connectivity index (χ0) is 19.3. The highest BCUT2D eigenvalue weighted by Gasteiger charge is 2.17. The van der Waals surface area contributed by atoms with Crippen molar-refractivity contribution in [2.45, 2.75) is 0 Å². The molecule has 1 saturated heterocycles. The van der Waals surface area contributed by atoms with E-state index in [2.05, 4.69) is 28.0 Å². The summed E-state index contributed by atoms with van der Waals surface area (Å²) in [7, 11) is 0. The maximum atomic E-state index is 7.57. The van der Waals surface area contributed by atoms with E-state index in [1.807, 2.05) is 42.5 Å². The first kappa shape index (κ1) is 18.8. The summed E-state index contributed by atoms with van der Waals surface area (Å²) in [5.74, 6) is 0.890. The van der Waals surface area contributed by atoms with Crippen LogP contribution in [-0.2, 0) is 0 Å². The fourth-order valence-corrected chi connectivity index (χ4v) is 3.84. The molecule has 1 N–H and O–H groups in total. The molecule has 0 saturated carbocycles. The summed E-state index contributed by atoms with van der Waals surface area (Å²) in [5.41, 5.74) is 2.15. The molecule has 0 unspecified atom stereocenters. The van der Waals surface area contributed by atoms with Crippen molar-refractivity contribution in [1.82, 2.24) is 4.90 Å². The van der Waals surface area contributed by atoms with Crippen molar-refractivity contribution in [3.8, 4) is 5.75 Å². The normalized spacial score (nSPS) is 15.0. The van der Waals surface area contributed by atoms with Crippen molar-refractivity contribution >= 4 is 34.3 Å². The number of nitrogens with zero attached hydrogens (tertiary/aromatic N) is 2. The second kappa shape index (κ2) is 8.63. The SMILES string of the molecule is N=Cc1ccc(OCCN2CCN(c3ccc(Cl)cc3)CC2)c2ccccc12. The fraction of sp³-hybridized carbons (Fsp3) is 0.261. The van der Waals surface area contributed by atoms with E-state index in [0.717, 1.165) is 59.8 Å². The van der Waals surface area contributed by atoms with Gasteiger partial charge in [0.05, 0.1) is 0 Å². The zero-order valence-corrected chi connectivity index (χ0v) is 16.5. The maximum absolute atomic E-state index is 7.57. The number of ether oxygens (including phenoxy) is 1. The molecule has 1 fully saturated rings. The summed E-state index contributed by atoms with van der Waals surface area (Å²) >= 11 is 5.98. The van der Waals surface area contributed by atoms with Crippen LogP contribution in [0.4, 0.5) is 5.69 Å². The van der Waals surface area contributed by atoms with Gasteiger partial charge in [-0.15, -0.1) is 0 Å². The standard InChI is InChI=1S/C23H24ClN3O/c24-19-6-8-20(9-7-19)27-13-11-26(12-14-27)15-16-28-23-10-5-18(17-25)21-3-1-2-4-22(21)23/h1-10,17,25H,11-16H2. The van der Waals surface area contributed by atoms with E-state index >= 15 is 0 Å². The summed E-state index contributed by atoms with van der Waals surface area (Å²) in [6, 6.07) is 20.1. The van der Waals surface area contributed by atoms with Gasteiger partial charge in [-0.2, -0.15) is 0 Å². The smallest absolute Gasteiger partial charge is 0.127 e. The first-order chi connectivity index (χ1) is 13.7. The fourth-order valence-electron chi connectivity index (χ4n) is 3.71. The van der Waals surface area contributed by atoms with Crippen molar-refractivity contribution in [2.24, 2.45) is 0 Å². The molecule has 3 aromatic carbocycles. The Balaban J connectivity index is 1.31. The van der Waals surface area contributed by atoms with Gasteiger partial charge in [-0.1, -0.05) is 35.9 Å². The van der Waals surface area contributed by atoms with Crippen LogP contribution in [0.3, 0.4) is 0 Å². The molecule has 0 amide bonds. The molecule has 0 aromatic heterocycles. The molecule has 1 heterocycles. The van der Waals surface area contributed by atoms with Gasteiger partial charge in [0.2, 0.25) is 0 Å². The molecule has 1 aliphatic rings. The van der Waals surface area contributed by atoms with E-state index in [4.69, 9.17) is 21.7 Å². The molecule has 3 aromatic rings. The molecule has 4 nitrogen and oxygen atoms in total. The minimum absolute atomic E-state index is 0.662. The lowest BCUT2D eigenvalue weighted by Gasteiger charge is -2.36. The average Bonchev–Trinajstić information content (AvgIpc) is 2.75. The number of halogens is 1. The lowest BCUT2D eigenvalue weighted by Crippen LogP contribution is -2.47. The minimum atomic E-state index is 0.662. The van der Waals surface area contributed by atoms with E-state index in [-0.39, 0.29) is 0 Å². The third-order valence-electron chi connectivity index (χ3n) is 5.30. The number of piperazine rings is 1. The lowest BCUT2D eigenvalue weighted by molar-refractivity contribution is 0.201. The van der Waals surface area contributed by atoms with Gasteiger partial charge in [-0.05, 0) is 41.8 Å². The third-order valence-corrected chi connectivity index (χ3v) is 5.55. The van der Waals surface area contributed by atoms with Crippen LogP contribution in [0.1, 0.15) is 5.56 Å². The van der Waals surface area contributed by atoms with Crippen molar-refractivity contribution in [2.75, 3.05) is 44.2 Å². The highest BCUT2D eigenvalue weighted by molar-refractivity contribution is 6.30. The molecule has 0 spiro atoms. The average molecular weight is 394 g/mol. The van der Waals surface area contributed by atoms with Crippen LogP contribution in [0.2, 0.25) is 5.02 Å².